The van der Waals surface area contributed by atoms with Gasteiger partial charge in [0.25, 0.3) is 0 Å². The first-order valence-corrected chi connectivity index (χ1v) is 8.27. The minimum absolute atomic E-state index is 0.00990. The third-order valence-corrected chi connectivity index (χ3v) is 3.69. The van der Waals surface area contributed by atoms with Gasteiger partial charge in [-0.25, -0.2) is 4.79 Å². The maximum atomic E-state index is 11.8. The van der Waals surface area contributed by atoms with Crippen LogP contribution < -0.4 is 15.4 Å². The fourth-order valence-corrected chi connectivity index (χ4v) is 2.37. The molecule has 5 heteroatoms. The van der Waals surface area contributed by atoms with Crippen LogP contribution in [0.2, 0.25) is 5.02 Å². The van der Waals surface area contributed by atoms with Gasteiger partial charge < -0.3 is 15.4 Å². The molecular weight excluding hydrogens is 324 g/mol. The first kappa shape index (κ1) is 18.1. The number of carbonyl (C=O) groups excluding carboxylic acids is 1. The molecule has 0 unspecified atom stereocenters. The number of halogens is 1. The highest BCUT2D eigenvalue weighted by Gasteiger charge is 2.18. The van der Waals surface area contributed by atoms with Crippen molar-refractivity contribution in [3.05, 3.63) is 59.1 Å². The fourth-order valence-electron chi connectivity index (χ4n) is 2.25. The lowest BCUT2D eigenvalue weighted by molar-refractivity contribution is 0.247. The van der Waals surface area contributed by atoms with Gasteiger partial charge in [-0.2, -0.15) is 0 Å². The highest BCUT2D eigenvalue weighted by atomic mass is 35.5. The normalized spacial score (nSPS) is 11.0. The molecule has 0 spiro atoms. The molecule has 0 saturated heterocycles. The van der Waals surface area contributed by atoms with Crippen molar-refractivity contribution in [3.8, 4) is 5.75 Å². The van der Waals surface area contributed by atoms with E-state index in [0.29, 0.717) is 23.9 Å². The topological polar surface area (TPSA) is 50.4 Å². The quantitative estimate of drug-likeness (QED) is 0.761. The maximum Gasteiger partial charge on any atom is 0.319 e. The van der Waals surface area contributed by atoms with E-state index in [2.05, 4.69) is 37.5 Å². The predicted molar refractivity (Wildman–Crippen MR) is 99.1 cm³/mol. The first-order chi connectivity index (χ1) is 11.4. The van der Waals surface area contributed by atoms with E-state index in [0.717, 1.165) is 11.3 Å². The van der Waals surface area contributed by atoms with Gasteiger partial charge in [0.15, 0.2) is 0 Å². The summed E-state index contributed by atoms with van der Waals surface area (Å²) in [7, 11) is 0. The van der Waals surface area contributed by atoms with Crippen molar-refractivity contribution in [1.29, 1.82) is 0 Å². The third kappa shape index (κ3) is 5.46. The molecule has 128 valence electrons. The van der Waals surface area contributed by atoms with E-state index >= 15 is 0 Å². The first-order valence-electron chi connectivity index (χ1n) is 7.89. The van der Waals surface area contributed by atoms with Gasteiger partial charge in [0.2, 0.25) is 0 Å². The molecule has 0 aromatic heterocycles. The Kier molecular flexibility index (Phi) is 6.10. The predicted octanol–water partition coefficient (Wildman–Crippen LogP) is 4.84. The summed E-state index contributed by atoms with van der Waals surface area (Å²) in [5, 5.41) is 6.14. The van der Waals surface area contributed by atoms with Crippen molar-refractivity contribution in [2.24, 2.45) is 0 Å². The molecule has 24 heavy (non-hydrogen) atoms. The van der Waals surface area contributed by atoms with Crippen LogP contribution in [0.1, 0.15) is 26.3 Å². The van der Waals surface area contributed by atoms with Crippen LogP contribution in [-0.2, 0) is 5.41 Å². The van der Waals surface area contributed by atoms with Gasteiger partial charge in [0.1, 0.15) is 12.4 Å². The monoisotopic (exact) mass is 346 g/mol. The Hall–Kier alpha value is -2.20. The summed E-state index contributed by atoms with van der Waals surface area (Å²) in [5.74, 6) is 0.852. The zero-order valence-electron chi connectivity index (χ0n) is 14.2. The standard InChI is InChI=1S/C19H23ClN2O2/c1-19(2,3)16-6-4-5-7-17(16)24-13-12-21-18(23)22-15-10-8-14(20)9-11-15/h4-11H,12-13H2,1-3H3,(H2,21,22,23). The summed E-state index contributed by atoms with van der Waals surface area (Å²) in [6, 6.07) is 14.6. The SMILES string of the molecule is CC(C)(C)c1ccccc1OCCNC(=O)Nc1ccc(Cl)cc1. The molecule has 0 aliphatic heterocycles. The van der Waals surface area contributed by atoms with E-state index in [4.69, 9.17) is 16.3 Å². The molecule has 4 nitrogen and oxygen atoms in total. The summed E-state index contributed by atoms with van der Waals surface area (Å²) in [4.78, 5) is 11.8. The van der Waals surface area contributed by atoms with Crippen molar-refractivity contribution < 1.29 is 9.53 Å². The Bertz CT molecular complexity index is 679. The van der Waals surface area contributed by atoms with Gasteiger partial charge in [-0.05, 0) is 41.3 Å². The highest BCUT2D eigenvalue weighted by molar-refractivity contribution is 6.30. The van der Waals surface area contributed by atoms with Gasteiger partial charge in [-0.3, -0.25) is 0 Å². The second kappa shape index (κ2) is 8.06. The number of rotatable bonds is 5. The maximum absolute atomic E-state index is 11.8. The number of carbonyl (C=O) groups is 1. The molecule has 0 saturated carbocycles. The molecule has 2 aromatic carbocycles. The van der Waals surface area contributed by atoms with Crippen LogP contribution in [0.15, 0.2) is 48.5 Å². The molecule has 0 atom stereocenters. The molecule has 0 bridgehead atoms. The van der Waals surface area contributed by atoms with Crippen molar-refractivity contribution in [2.45, 2.75) is 26.2 Å². The van der Waals surface area contributed by atoms with Gasteiger partial charge in [0.05, 0.1) is 6.54 Å². The van der Waals surface area contributed by atoms with Gasteiger partial charge in [-0.15, -0.1) is 0 Å². The lowest BCUT2D eigenvalue weighted by Gasteiger charge is -2.22. The van der Waals surface area contributed by atoms with Crippen LogP contribution >= 0.6 is 11.6 Å². The molecule has 0 aliphatic carbocycles. The molecule has 2 rings (SSSR count). The number of para-hydroxylation sites is 1. The van der Waals surface area contributed by atoms with Crippen LogP contribution in [0.25, 0.3) is 0 Å². The Morgan fingerprint density at radius 1 is 1.08 bits per heavy atom. The second-order valence-corrected chi connectivity index (χ2v) is 6.92. The zero-order chi connectivity index (χ0) is 17.6. The van der Waals surface area contributed by atoms with E-state index in [1.54, 1.807) is 24.3 Å². The average molecular weight is 347 g/mol. The van der Waals surface area contributed by atoms with Crippen LogP contribution in [0.3, 0.4) is 0 Å². The summed E-state index contributed by atoms with van der Waals surface area (Å²) in [6.07, 6.45) is 0. The number of hydrogen-bond acceptors (Lipinski definition) is 2. The largest absolute Gasteiger partial charge is 0.491 e. The molecule has 2 aromatic rings. The van der Waals surface area contributed by atoms with E-state index in [-0.39, 0.29) is 11.4 Å². The number of urea groups is 1. The van der Waals surface area contributed by atoms with Crippen LogP contribution in [0, 0.1) is 0 Å². The Balaban J connectivity index is 1.79. The molecule has 0 fully saturated rings. The Morgan fingerprint density at radius 3 is 2.42 bits per heavy atom. The van der Waals surface area contributed by atoms with Crippen molar-refractivity contribution in [1.82, 2.24) is 5.32 Å². The number of nitrogens with one attached hydrogen (secondary N) is 2. The zero-order valence-corrected chi connectivity index (χ0v) is 15.0. The van der Waals surface area contributed by atoms with Gasteiger partial charge in [-0.1, -0.05) is 50.6 Å². The third-order valence-electron chi connectivity index (χ3n) is 3.44. The number of amides is 2. The minimum Gasteiger partial charge on any atom is -0.491 e. The Labute approximate surface area is 148 Å². The van der Waals surface area contributed by atoms with E-state index in [9.17, 15) is 4.79 Å². The average Bonchev–Trinajstić information content (AvgIpc) is 2.53. The van der Waals surface area contributed by atoms with Crippen LogP contribution in [-0.4, -0.2) is 19.2 Å². The molecule has 2 amide bonds. The Morgan fingerprint density at radius 2 is 1.75 bits per heavy atom. The fraction of sp³-hybridized carbons (Fsp3) is 0.316. The van der Waals surface area contributed by atoms with Gasteiger partial charge in [0, 0.05) is 10.7 Å². The smallest absolute Gasteiger partial charge is 0.319 e. The van der Waals surface area contributed by atoms with Crippen LogP contribution in [0.5, 0.6) is 5.75 Å². The second-order valence-electron chi connectivity index (χ2n) is 6.48. The summed E-state index contributed by atoms with van der Waals surface area (Å²) < 4.78 is 5.82. The molecule has 0 aliphatic rings. The number of benzene rings is 2. The summed E-state index contributed by atoms with van der Waals surface area (Å²) >= 11 is 5.81. The number of hydrogen-bond donors (Lipinski definition) is 2. The summed E-state index contributed by atoms with van der Waals surface area (Å²) in [6.45, 7) is 7.26. The minimum atomic E-state index is -0.273. The van der Waals surface area contributed by atoms with Crippen molar-refractivity contribution in [2.75, 3.05) is 18.5 Å². The van der Waals surface area contributed by atoms with E-state index in [1.165, 1.54) is 0 Å². The lowest BCUT2D eigenvalue weighted by Crippen LogP contribution is -2.32. The molecular formula is C19H23ClN2O2. The lowest BCUT2D eigenvalue weighted by atomic mass is 9.86. The van der Waals surface area contributed by atoms with Gasteiger partial charge >= 0.3 is 6.03 Å². The molecule has 2 N–H and O–H groups in total. The van der Waals surface area contributed by atoms with Crippen LogP contribution in [0.4, 0.5) is 10.5 Å². The summed E-state index contributed by atoms with van der Waals surface area (Å²) in [5.41, 5.74) is 1.85. The van der Waals surface area contributed by atoms with Crippen molar-refractivity contribution in [3.63, 3.8) is 0 Å². The number of anilines is 1. The van der Waals surface area contributed by atoms with E-state index < -0.39 is 0 Å². The van der Waals surface area contributed by atoms with Crippen molar-refractivity contribution >= 4 is 23.3 Å². The molecule has 0 radical (unpaired) electrons. The van der Waals surface area contributed by atoms with E-state index in [1.807, 2.05) is 18.2 Å². The number of ether oxygens (including phenoxy) is 1. The highest BCUT2D eigenvalue weighted by Crippen LogP contribution is 2.30. The molecule has 0 heterocycles.